The standard InChI is InChI=1S/C25H33N3/c1-2-17-28-24-14-7-6-13-23(24)26-25(28)20-27-18-15-22(16-19-27)12-8-11-21-9-4-3-5-10-21/h3-7,9-10,13-14,22H,2,8,11-12,15-20H2,1H3. The summed E-state index contributed by atoms with van der Waals surface area (Å²) in [7, 11) is 0. The number of para-hydroxylation sites is 2. The highest BCUT2D eigenvalue weighted by molar-refractivity contribution is 5.75. The lowest BCUT2D eigenvalue weighted by Crippen LogP contribution is -2.34. The first kappa shape index (κ1) is 19.2. The van der Waals surface area contributed by atoms with Crippen LogP contribution >= 0.6 is 0 Å². The van der Waals surface area contributed by atoms with E-state index >= 15 is 0 Å². The summed E-state index contributed by atoms with van der Waals surface area (Å²) in [5.74, 6) is 2.14. The molecule has 1 aromatic heterocycles. The van der Waals surface area contributed by atoms with Crippen LogP contribution in [0.3, 0.4) is 0 Å². The van der Waals surface area contributed by atoms with Gasteiger partial charge in [-0.1, -0.05) is 55.8 Å². The molecule has 3 heteroatoms. The maximum absolute atomic E-state index is 4.95. The topological polar surface area (TPSA) is 21.1 Å². The first-order valence-corrected chi connectivity index (χ1v) is 11.0. The number of nitrogens with zero attached hydrogens (tertiary/aromatic N) is 3. The van der Waals surface area contributed by atoms with Gasteiger partial charge in [-0.05, 0) is 68.8 Å². The molecule has 0 atom stereocenters. The number of imidazole rings is 1. The van der Waals surface area contributed by atoms with E-state index in [0.717, 1.165) is 30.9 Å². The van der Waals surface area contributed by atoms with Gasteiger partial charge >= 0.3 is 0 Å². The first-order valence-electron chi connectivity index (χ1n) is 11.0. The molecule has 28 heavy (non-hydrogen) atoms. The average molecular weight is 376 g/mol. The van der Waals surface area contributed by atoms with Crippen LogP contribution in [0.25, 0.3) is 11.0 Å². The van der Waals surface area contributed by atoms with Crippen molar-refractivity contribution in [1.82, 2.24) is 14.5 Å². The molecule has 1 aliphatic rings. The second-order valence-corrected chi connectivity index (χ2v) is 8.27. The quantitative estimate of drug-likeness (QED) is 0.505. The maximum Gasteiger partial charge on any atom is 0.124 e. The fourth-order valence-electron chi connectivity index (χ4n) is 4.59. The van der Waals surface area contributed by atoms with Gasteiger partial charge in [-0.15, -0.1) is 0 Å². The molecular weight excluding hydrogens is 342 g/mol. The zero-order chi connectivity index (χ0) is 19.2. The number of rotatable bonds is 8. The van der Waals surface area contributed by atoms with Gasteiger partial charge in [-0.2, -0.15) is 0 Å². The number of piperidine rings is 1. The third-order valence-corrected chi connectivity index (χ3v) is 6.17. The van der Waals surface area contributed by atoms with Gasteiger partial charge in [-0.3, -0.25) is 4.90 Å². The van der Waals surface area contributed by atoms with Crippen LogP contribution in [-0.4, -0.2) is 27.5 Å². The van der Waals surface area contributed by atoms with Crippen molar-refractivity contribution < 1.29 is 0 Å². The Balaban J connectivity index is 1.29. The third-order valence-electron chi connectivity index (χ3n) is 6.17. The second-order valence-electron chi connectivity index (χ2n) is 8.27. The van der Waals surface area contributed by atoms with Crippen molar-refractivity contribution in [3.8, 4) is 0 Å². The molecular formula is C25H33N3. The molecule has 2 heterocycles. The lowest BCUT2D eigenvalue weighted by molar-refractivity contribution is 0.166. The van der Waals surface area contributed by atoms with Crippen molar-refractivity contribution in [2.75, 3.05) is 13.1 Å². The monoisotopic (exact) mass is 375 g/mol. The number of hydrogen-bond acceptors (Lipinski definition) is 2. The fourth-order valence-corrected chi connectivity index (χ4v) is 4.59. The van der Waals surface area contributed by atoms with Crippen LogP contribution < -0.4 is 0 Å². The highest BCUT2D eigenvalue weighted by Crippen LogP contribution is 2.25. The molecule has 1 fully saturated rings. The number of aromatic nitrogens is 2. The number of hydrogen-bond donors (Lipinski definition) is 0. The first-order chi connectivity index (χ1) is 13.8. The number of likely N-dealkylation sites (tertiary alicyclic amines) is 1. The molecule has 0 aliphatic carbocycles. The molecule has 148 valence electrons. The molecule has 3 aromatic rings. The van der Waals surface area contributed by atoms with Crippen LogP contribution in [0.15, 0.2) is 54.6 Å². The van der Waals surface area contributed by atoms with E-state index in [1.165, 1.54) is 62.1 Å². The summed E-state index contributed by atoms with van der Waals surface area (Å²) in [6.07, 6.45) is 7.74. The van der Waals surface area contributed by atoms with E-state index in [9.17, 15) is 0 Å². The van der Waals surface area contributed by atoms with E-state index < -0.39 is 0 Å². The Morgan fingerprint density at radius 2 is 1.71 bits per heavy atom. The van der Waals surface area contributed by atoms with Crippen LogP contribution in [0.1, 0.15) is 50.4 Å². The SMILES string of the molecule is CCCn1c(CN2CCC(CCCc3ccccc3)CC2)nc2ccccc21. The summed E-state index contributed by atoms with van der Waals surface area (Å²) in [6, 6.07) is 19.5. The fraction of sp³-hybridized carbons (Fsp3) is 0.480. The molecule has 0 spiro atoms. The molecule has 0 radical (unpaired) electrons. The van der Waals surface area contributed by atoms with Crippen molar-refractivity contribution in [2.24, 2.45) is 5.92 Å². The van der Waals surface area contributed by atoms with Crippen molar-refractivity contribution >= 4 is 11.0 Å². The number of benzene rings is 2. The molecule has 0 saturated carbocycles. The van der Waals surface area contributed by atoms with Gasteiger partial charge in [0.1, 0.15) is 5.82 Å². The van der Waals surface area contributed by atoms with Crippen LogP contribution in [-0.2, 0) is 19.5 Å². The van der Waals surface area contributed by atoms with E-state index in [1.807, 2.05) is 0 Å². The Labute approximate surface area is 169 Å². The summed E-state index contributed by atoms with van der Waals surface area (Å²) < 4.78 is 2.43. The van der Waals surface area contributed by atoms with Gasteiger partial charge < -0.3 is 4.57 Å². The zero-order valence-electron chi connectivity index (χ0n) is 17.2. The van der Waals surface area contributed by atoms with E-state index in [4.69, 9.17) is 4.98 Å². The molecule has 0 bridgehead atoms. The minimum absolute atomic E-state index is 0.898. The predicted octanol–water partition coefficient (Wildman–Crippen LogP) is 5.68. The van der Waals surface area contributed by atoms with Crippen molar-refractivity contribution in [3.63, 3.8) is 0 Å². The van der Waals surface area contributed by atoms with Gasteiger partial charge in [0.2, 0.25) is 0 Å². The molecule has 2 aromatic carbocycles. The lowest BCUT2D eigenvalue weighted by atomic mass is 9.91. The van der Waals surface area contributed by atoms with E-state index in [0.29, 0.717) is 0 Å². The Hall–Kier alpha value is -2.13. The minimum atomic E-state index is 0.898. The molecule has 0 amide bonds. The summed E-state index contributed by atoms with van der Waals surface area (Å²) in [5, 5.41) is 0. The second kappa shape index (κ2) is 9.38. The molecule has 0 N–H and O–H groups in total. The third kappa shape index (κ3) is 4.64. The van der Waals surface area contributed by atoms with Crippen LogP contribution in [0.4, 0.5) is 0 Å². The molecule has 3 nitrogen and oxygen atoms in total. The Morgan fingerprint density at radius 1 is 0.964 bits per heavy atom. The van der Waals surface area contributed by atoms with Gasteiger partial charge in [-0.25, -0.2) is 4.98 Å². The minimum Gasteiger partial charge on any atom is -0.327 e. The summed E-state index contributed by atoms with van der Waals surface area (Å²) in [6.45, 7) is 6.73. The van der Waals surface area contributed by atoms with Gasteiger partial charge in [0, 0.05) is 6.54 Å². The zero-order valence-corrected chi connectivity index (χ0v) is 17.2. The maximum atomic E-state index is 4.95. The van der Waals surface area contributed by atoms with Crippen LogP contribution in [0.5, 0.6) is 0 Å². The Morgan fingerprint density at radius 3 is 2.50 bits per heavy atom. The van der Waals surface area contributed by atoms with Crippen molar-refractivity contribution in [2.45, 2.75) is 58.5 Å². The van der Waals surface area contributed by atoms with E-state index in [2.05, 4.69) is 71.0 Å². The molecule has 0 unspecified atom stereocenters. The van der Waals surface area contributed by atoms with Crippen LogP contribution in [0.2, 0.25) is 0 Å². The highest BCUT2D eigenvalue weighted by atomic mass is 15.2. The Kier molecular flexibility index (Phi) is 6.43. The summed E-state index contributed by atoms with van der Waals surface area (Å²) >= 11 is 0. The van der Waals surface area contributed by atoms with E-state index in [1.54, 1.807) is 0 Å². The molecule has 4 rings (SSSR count). The Bertz CT molecular complexity index is 860. The number of fused-ring (bicyclic) bond motifs is 1. The largest absolute Gasteiger partial charge is 0.327 e. The normalized spacial score (nSPS) is 16.0. The number of aryl methyl sites for hydroxylation is 2. The molecule has 1 saturated heterocycles. The van der Waals surface area contributed by atoms with Crippen molar-refractivity contribution in [3.05, 3.63) is 66.0 Å². The van der Waals surface area contributed by atoms with Gasteiger partial charge in [0.15, 0.2) is 0 Å². The van der Waals surface area contributed by atoms with Crippen molar-refractivity contribution in [1.29, 1.82) is 0 Å². The van der Waals surface area contributed by atoms with E-state index in [-0.39, 0.29) is 0 Å². The van der Waals surface area contributed by atoms with Gasteiger partial charge in [0.05, 0.1) is 17.6 Å². The molecule has 1 aliphatic heterocycles. The highest BCUT2D eigenvalue weighted by Gasteiger charge is 2.21. The lowest BCUT2D eigenvalue weighted by Gasteiger charge is -2.31. The summed E-state index contributed by atoms with van der Waals surface area (Å²) in [5.41, 5.74) is 3.91. The smallest absolute Gasteiger partial charge is 0.124 e. The summed E-state index contributed by atoms with van der Waals surface area (Å²) in [4.78, 5) is 7.56. The average Bonchev–Trinajstić information content (AvgIpc) is 3.08. The predicted molar refractivity (Wildman–Crippen MR) is 117 cm³/mol. The van der Waals surface area contributed by atoms with Crippen LogP contribution in [0, 0.1) is 5.92 Å². The van der Waals surface area contributed by atoms with Gasteiger partial charge in [0.25, 0.3) is 0 Å².